The molecule has 76 valence electrons. The summed E-state index contributed by atoms with van der Waals surface area (Å²) in [4.78, 5) is 4.00. The molecule has 0 radical (unpaired) electrons. The van der Waals surface area contributed by atoms with Crippen LogP contribution in [-0.2, 0) is 10.5 Å². The molecule has 0 aromatic carbocycles. The van der Waals surface area contributed by atoms with Crippen LogP contribution in [-0.4, -0.2) is 18.1 Å². The quantitative estimate of drug-likeness (QED) is 0.732. The second-order valence-electron chi connectivity index (χ2n) is 4.07. The number of hydrogen-bond donors (Lipinski definition) is 1. The van der Waals surface area contributed by atoms with E-state index in [1.165, 1.54) is 0 Å². The van der Waals surface area contributed by atoms with Crippen molar-refractivity contribution >= 4 is 0 Å². The minimum atomic E-state index is -0.338. The lowest BCUT2D eigenvalue weighted by Gasteiger charge is -2.38. The molecule has 2 atom stereocenters. The summed E-state index contributed by atoms with van der Waals surface area (Å²) in [7, 11) is 0. The lowest BCUT2D eigenvalue weighted by molar-refractivity contribution is -0.106. The van der Waals surface area contributed by atoms with Crippen LogP contribution in [0.3, 0.4) is 0 Å². The van der Waals surface area contributed by atoms with Gasteiger partial charge in [-0.2, -0.15) is 0 Å². The van der Waals surface area contributed by atoms with Gasteiger partial charge in [-0.1, -0.05) is 6.92 Å². The van der Waals surface area contributed by atoms with Crippen LogP contribution in [0.5, 0.6) is 0 Å². The first kappa shape index (κ1) is 9.62. The van der Waals surface area contributed by atoms with Gasteiger partial charge in [-0.05, 0) is 25.0 Å². The van der Waals surface area contributed by atoms with Crippen molar-refractivity contribution < 1.29 is 4.74 Å². The summed E-state index contributed by atoms with van der Waals surface area (Å²) >= 11 is 0. The third-order valence-corrected chi connectivity index (χ3v) is 2.68. The molecular weight excluding hydrogens is 176 g/mol. The molecule has 14 heavy (non-hydrogen) atoms. The van der Waals surface area contributed by atoms with E-state index in [-0.39, 0.29) is 5.72 Å². The standard InChI is InChI=1S/C11H16N2O/c1-9-7-13-11(2,14-8-9)10-3-5-12-6-4-10/h3-6,9,13H,7-8H2,1-2H3. The van der Waals surface area contributed by atoms with Gasteiger partial charge in [0.25, 0.3) is 0 Å². The Hall–Kier alpha value is -0.930. The van der Waals surface area contributed by atoms with Gasteiger partial charge in [0, 0.05) is 24.5 Å². The summed E-state index contributed by atoms with van der Waals surface area (Å²) < 4.78 is 5.82. The summed E-state index contributed by atoms with van der Waals surface area (Å²) in [6.07, 6.45) is 3.59. The number of aromatic nitrogens is 1. The molecule has 1 saturated heterocycles. The second kappa shape index (κ2) is 3.67. The maximum Gasteiger partial charge on any atom is 0.142 e. The van der Waals surface area contributed by atoms with Crippen LogP contribution < -0.4 is 5.32 Å². The minimum absolute atomic E-state index is 0.338. The number of nitrogens with zero attached hydrogens (tertiary/aromatic N) is 1. The minimum Gasteiger partial charge on any atom is -0.356 e. The topological polar surface area (TPSA) is 34.2 Å². The van der Waals surface area contributed by atoms with Crippen molar-refractivity contribution in [3.8, 4) is 0 Å². The molecule has 0 aliphatic carbocycles. The molecule has 2 heterocycles. The van der Waals surface area contributed by atoms with E-state index >= 15 is 0 Å². The van der Waals surface area contributed by atoms with E-state index < -0.39 is 0 Å². The maximum absolute atomic E-state index is 5.82. The third kappa shape index (κ3) is 1.79. The molecule has 2 unspecified atom stereocenters. The first-order valence-corrected chi connectivity index (χ1v) is 5.00. The van der Waals surface area contributed by atoms with Gasteiger partial charge < -0.3 is 4.74 Å². The van der Waals surface area contributed by atoms with Crippen LogP contribution in [0.4, 0.5) is 0 Å². The fourth-order valence-corrected chi connectivity index (χ4v) is 1.64. The maximum atomic E-state index is 5.82. The van der Waals surface area contributed by atoms with Crippen molar-refractivity contribution in [3.63, 3.8) is 0 Å². The number of hydrogen-bond acceptors (Lipinski definition) is 3. The van der Waals surface area contributed by atoms with E-state index in [2.05, 4.69) is 24.1 Å². The van der Waals surface area contributed by atoms with Crippen molar-refractivity contribution in [1.82, 2.24) is 10.3 Å². The molecule has 1 fully saturated rings. The molecule has 0 amide bonds. The Morgan fingerprint density at radius 1 is 1.50 bits per heavy atom. The van der Waals surface area contributed by atoms with Crippen LogP contribution in [0.1, 0.15) is 19.4 Å². The van der Waals surface area contributed by atoms with Crippen molar-refractivity contribution in [2.45, 2.75) is 19.6 Å². The number of ether oxygens (including phenoxy) is 1. The molecule has 1 aromatic rings. The van der Waals surface area contributed by atoms with Crippen LogP contribution >= 0.6 is 0 Å². The Bertz CT molecular complexity index is 291. The second-order valence-corrected chi connectivity index (χ2v) is 4.07. The Morgan fingerprint density at radius 2 is 2.21 bits per heavy atom. The Balaban J connectivity index is 2.17. The monoisotopic (exact) mass is 192 g/mol. The number of nitrogens with one attached hydrogen (secondary N) is 1. The summed E-state index contributed by atoms with van der Waals surface area (Å²) in [5.74, 6) is 0.588. The molecule has 3 nitrogen and oxygen atoms in total. The van der Waals surface area contributed by atoms with E-state index in [1.807, 2.05) is 12.1 Å². The molecule has 2 rings (SSSR count). The van der Waals surface area contributed by atoms with Crippen LogP contribution in [0, 0.1) is 5.92 Å². The van der Waals surface area contributed by atoms with E-state index in [4.69, 9.17) is 4.74 Å². The average molecular weight is 192 g/mol. The molecule has 3 heteroatoms. The lowest BCUT2D eigenvalue weighted by atomic mass is 10.0. The Labute approximate surface area is 84.5 Å². The zero-order valence-electron chi connectivity index (χ0n) is 8.66. The highest BCUT2D eigenvalue weighted by Crippen LogP contribution is 2.25. The molecule has 1 N–H and O–H groups in total. The van der Waals surface area contributed by atoms with Gasteiger partial charge in [0.05, 0.1) is 6.61 Å². The molecule has 1 aromatic heterocycles. The molecule has 0 bridgehead atoms. The van der Waals surface area contributed by atoms with Crippen LogP contribution in [0.2, 0.25) is 0 Å². The van der Waals surface area contributed by atoms with Gasteiger partial charge >= 0.3 is 0 Å². The summed E-state index contributed by atoms with van der Waals surface area (Å²) in [6.45, 7) is 6.05. The Kier molecular flexibility index (Phi) is 2.52. The summed E-state index contributed by atoms with van der Waals surface area (Å²) in [5.41, 5.74) is 0.800. The predicted octanol–water partition coefficient (Wildman–Crippen LogP) is 1.51. The van der Waals surface area contributed by atoms with Gasteiger partial charge in [0.15, 0.2) is 0 Å². The predicted molar refractivity (Wildman–Crippen MR) is 54.7 cm³/mol. The fourth-order valence-electron chi connectivity index (χ4n) is 1.64. The SMILES string of the molecule is CC1CNC(C)(c2ccncc2)OC1. The van der Waals surface area contributed by atoms with E-state index in [0.717, 1.165) is 18.7 Å². The van der Waals surface area contributed by atoms with E-state index in [9.17, 15) is 0 Å². The zero-order chi connectivity index (χ0) is 10.0. The smallest absolute Gasteiger partial charge is 0.142 e. The van der Waals surface area contributed by atoms with Crippen molar-refractivity contribution in [1.29, 1.82) is 0 Å². The molecule has 0 saturated carbocycles. The third-order valence-electron chi connectivity index (χ3n) is 2.68. The van der Waals surface area contributed by atoms with Gasteiger partial charge in [-0.25, -0.2) is 0 Å². The van der Waals surface area contributed by atoms with Crippen molar-refractivity contribution in [3.05, 3.63) is 30.1 Å². The molecular formula is C11H16N2O. The van der Waals surface area contributed by atoms with Gasteiger partial charge in [-0.3, -0.25) is 10.3 Å². The van der Waals surface area contributed by atoms with Gasteiger partial charge in [0.2, 0.25) is 0 Å². The van der Waals surface area contributed by atoms with Crippen molar-refractivity contribution in [2.24, 2.45) is 5.92 Å². The first-order chi connectivity index (χ1) is 6.71. The highest BCUT2D eigenvalue weighted by molar-refractivity contribution is 5.18. The van der Waals surface area contributed by atoms with Crippen LogP contribution in [0.15, 0.2) is 24.5 Å². The van der Waals surface area contributed by atoms with Gasteiger partial charge in [0.1, 0.15) is 5.72 Å². The van der Waals surface area contributed by atoms with E-state index in [1.54, 1.807) is 12.4 Å². The Morgan fingerprint density at radius 3 is 2.79 bits per heavy atom. The largest absolute Gasteiger partial charge is 0.356 e. The van der Waals surface area contributed by atoms with Crippen molar-refractivity contribution in [2.75, 3.05) is 13.2 Å². The first-order valence-electron chi connectivity index (χ1n) is 5.00. The number of rotatable bonds is 1. The zero-order valence-corrected chi connectivity index (χ0v) is 8.66. The van der Waals surface area contributed by atoms with Gasteiger partial charge in [-0.15, -0.1) is 0 Å². The molecule has 1 aliphatic rings. The number of pyridine rings is 1. The lowest BCUT2D eigenvalue weighted by Crippen LogP contribution is -2.49. The highest BCUT2D eigenvalue weighted by atomic mass is 16.5. The summed E-state index contributed by atoms with van der Waals surface area (Å²) in [6, 6.07) is 3.98. The summed E-state index contributed by atoms with van der Waals surface area (Å²) in [5, 5.41) is 3.41. The van der Waals surface area contributed by atoms with Crippen LogP contribution in [0.25, 0.3) is 0 Å². The van der Waals surface area contributed by atoms with E-state index in [0.29, 0.717) is 5.92 Å². The molecule has 0 spiro atoms. The highest BCUT2D eigenvalue weighted by Gasteiger charge is 2.31. The average Bonchev–Trinajstić information content (AvgIpc) is 2.24. The molecule has 1 aliphatic heterocycles. The normalized spacial score (nSPS) is 32.9. The fraction of sp³-hybridized carbons (Fsp3) is 0.545.